The molecular formula is C26H31N3O3. The zero-order valence-electron chi connectivity index (χ0n) is 18.6. The highest BCUT2D eigenvalue weighted by Gasteiger charge is 2.32. The molecule has 1 N–H and O–H groups in total. The number of aryl methyl sites for hydroxylation is 1. The highest BCUT2D eigenvalue weighted by atomic mass is 16.5. The van der Waals surface area contributed by atoms with E-state index < -0.39 is 6.10 Å². The summed E-state index contributed by atoms with van der Waals surface area (Å²) in [6.07, 6.45) is 3.42. The van der Waals surface area contributed by atoms with Crippen LogP contribution in [0.25, 0.3) is 5.69 Å². The first kappa shape index (κ1) is 22.3. The van der Waals surface area contributed by atoms with E-state index in [2.05, 4.69) is 11.5 Å². The molecule has 3 aromatic rings. The largest absolute Gasteiger partial charge is 0.439 e. The standard InChI is InChI=1S/C26H31N3O3/c1-3-16-31-19-23(30)17-28(21-14-15-21)18-25-20(2)27-29(22-10-6-4-7-11-22)26(25)32-24-12-8-5-9-13-24/h3-13,21,23,30H,1,14-19H2,2H3/t23-/m0/s1. The second-order valence-electron chi connectivity index (χ2n) is 8.17. The number of hydrogen-bond donors (Lipinski definition) is 1. The van der Waals surface area contributed by atoms with Crippen molar-refractivity contribution in [2.45, 2.75) is 38.5 Å². The highest BCUT2D eigenvalue weighted by molar-refractivity contribution is 5.43. The van der Waals surface area contributed by atoms with Crippen LogP contribution in [0.1, 0.15) is 24.1 Å². The lowest BCUT2D eigenvalue weighted by molar-refractivity contribution is 0.0226. The number of aliphatic hydroxyl groups excluding tert-OH is 1. The zero-order valence-corrected chi connectivity index (χ0v) is 18.6. The molecule has 6 heteroatoms. The summed E-state index contributed by atoms with van der Waals surface area (Å²) in [5.74, 6) is 1.48. The third kappa shape index (κ3) is 5.65. The van der Waals surface area contributed by atoms with Crippen LogP contribution in [0.5, 0.6) is 11.6 Å². The summed E-state index contributed by atoms with van der Waals surface area (Å²) in [5.41, 5.74) is 2.90. The molecule has 168 valence electrons. The van der Waals surface area contributed by atoms with Crippen molar-refractivity contribution in [1.82, 2.24) is 14.7 Å². The molecule has 1 heterocycles. The molecule has 0 radical (unpaired) electrons. The molecule has 4 rings (SSSR count). The maximum Gasteiger partial charge on any atom is 0.227 e. The Balaban J connectivity index is 1.61. The van der Waals surface area contributed by atoms with Crippen LogP contribution >= 0.6 is 0 Å². The number of hydrogen-bond acceptors (Lipinski definition) is 5. The monoisotopic (exact) mass is 433 g/mol. The van der Waals surface area contributed by atoms with Crippen LogP contribution in [0.2, 0.25) is 0 Å². The van der Waals surface area contributed by atoms with Gasteiger partial charge in [-0.15, -0.1) is 6.58 Å². The third-order valence-electron chi connectivity index (χ3n) is 5.51. The molecule has 1 aliphatic rings. The number of aliphatic hydroxyl groups is 1. The molecule has 0 saturated heterocycles. The maximum absolute atomic E-state index is 10.5. The fourth-order valence-corrected chi connectivity index (χ4v) is 3.77. The average Bonchev–Trinajstić information content (AvgIpc) is 3.61. The quantitative estimate of drug-likeness (QED) is 0.337. The van der Waals surface area contributed by atoms with Gasteiger partial charge in [-0.05, 0) is 44.0 Å². The van der Waals surface area contributed by atoms with E-state index in [4.69, 9.17) is 14.6 Å². The van der Waals surface area contributed by atoms with Crippen molar-refractivity contribution in [2.24, 2.45) is 0 Å². The molecule has 2 aromatic carbocycles. The Morgan fingerprint density at radius 1 is 1.16 bits per heavy atom. The molecule has 32 heavy (non-hydrogen) atoms. The fraction of sp³-hybridized carbons (Fsp3) is 0.346. The summed E-state index contributed by atoms with van der Waals surface area (Å²) in [7, 11) is 0. The van der Waals surface area contributed by atoms with Crippen LogP contribution in [0.15, 0.2) is 73.3 Å². The molecule has 0 spiro atoms. The Morgan fingerprint density at radius 2 is 1.84 bits per heavy atom. The highest BCUT2D eigenvalue weighted by Crippen LogP contribution is 2.35. The van der Waals surface area contributed by atoms with Gasteiger partial charge in [0, 0.05) is 19.1 Å². The van der Waals surface area contributed by atoms with Crippen molar-refractivity contribution in [3.8, 4) is 17.3 Å². The summed E-state index contributed by atoms with van der Waals surface area (Å²) in [5, 5.41) is 15.3. The predicted molar refractivity (Wildman–Crippen MR) is 125 cm³/mol. The lowest BCUT2D eigenvalue weighted by atomic mass is 10.2. The summed E-state index contributed by atoms with van der Waals surface area (Å²) in [6.45, 7) is 7.61. The smallest absolute Gasteiger partial charge is 0.227 e. The van der Waals surface area contributed by atoms with Crippen molar-refractivity contribution in [1.29, 1.82) is 0 Å². The van der Waals surface area contributed by atoms with Gasteiger partial charge >= 0.3 is 0 Å². The summed E-state index contributed by atoms with van der Waals surface area (Å²) < 4.78 is 13.7. The summed E-state index contributed by atoms with van der Waals surface area (Å²) in [4.78, 5) is 2.32. The Hall–Kier alpha value is -2.93. The molecule has 1 aliphatic carbocycles. The van der Waals surface area contributed by atoms with E-state index in [-0.39, 0.29) is 0 Å². The zero-order chi connectivity index (χ0) is 22.3. The first-order valence-electron chi connectivity index (χ1n) is 11.1. The number of ether oxygens (including phenoxy) is 2. The number of nitrogens with zero attached hydrogens (tertiary/aromatic N) is 3. The lowest BCUT2D eigenvalue weighted by Gasteiger charge is -2.25. The molecule has 0 bridgehead atoms. The van der Waals surface area contributed by atoms with Crippen molar-refractivity contribution >= 4 is 0 Å². The van der Waals surface area contributed by atoms with E-state index in [0.29, 0.717) is 38.2 Å². The Kier molecular flexibility index (Phi) is 7.37. The van der Waals surface area contributed by atoms with Crippen molar-refractivity contribution in [3.63, 3.8) is 0 Å². The van der Waals surface area contributed by atoms with E-state index in [0.717, 1.165) is 35.5 Å². The third-order valence-corrected chi connectivity index (χ3v) is 5.51. The molecule has 1 aromatic heterocycles. The lowest BCUT2D eigenvalue weighted by Crippen LogP contribution is -2.36. The molecule has 0 aliphatic heterocycles. The van der Waals surface area contributed by atoms with Crippen molar-refractivity contribution in [2.75, 3.05) is 19.8 Å². The van der Waals surface area contributed by atoms with Gasteiger partial charge in [0.05, 0.1) is 36.3 Å². The second-order valence-corrected chi connectivity index (χ2v) is 8.17. The van der Waals surface area contributed by atoms with E-state index in [1.165, 1.54) is 0 Å². The van der Waals surface area contributed by atoms with Gasteiger partial charge in [-0.2, -0.15) is 5.10 Å². The minimum Gasteiger partial charge on any atom is -0.439 e. The number of benzene rings is 2. The van der Waals surface area contributed by atoms with Gasteiger partial charge < -0.3 is 14.6 Å². The SMILES string of the molecule is C=CCOC[C@@H](O)CN(Cc1c(C)nn(-c2ccccc2)c1Oc1ccccc1)C1CC1. The summed E-state index contributed by atoms with van der Waals surface area (Å²) in [6, 6.07) is 20.3. The van der Waals surface area contributed by atoms with Gasteiger partial charge in [0.25, 0.3) is 0 Å². The van der Waals surface area contributed by atoms with E-state index in [1.807, 2.05) is 72.3 Å². The fourth-order valence-electron chi connectivity index (χ4n) is 3.77. The Bertz CT molecular complexity index is 1000. The van der Waals surface area contributed by atoms with Gasteiger partial charge in [-0.3, -0.25) is 4.90 Å². The van der Waals surface area contributed by atoms with Crippen molar-refractivity contribution < 1.29 is 14.6 Å². The van der Waals surface area contributed by atoms with E-state index in [1.54, 1.807) is 6.08 Å². The molecule has 6 nitrogen and oxygen atoms in total. The van der Waals surface area contributed by atoms with Gasteiger partial charge in [0.2, 0.25) is 5.88 Å². The van der Waals surface area contributed by atoms with Crippen LogP contribution in [0.4, 0.5) is 0 Å². The molecule has 1 fully saturated rings. The van der Waals surface area contributed by atoms with E-state index >= 15 is 0 Å². The van der Waals surface area contributed by atoms with Gasteiger partial charge in [-0.1, -0.05) is 42.5 Å². The second kappa shape index (κ2) is 10.6. The Morgan fingerprint density at radius 3 is 2.50 bits per heavy atom. The van der Waals surface area contributed by atoms with Crippen molar-refractivity contribution in [3.05, 3.63) is 84.6 Å². The first-order chi connectivity index (χ1) is 15.7. The molecule has 0 amide bonds. The number of aromatic nitrogens is 2. The topological polar surface area (TPSA) is 59.8 Å². The summed E-state index contributed by atoms with van der Waals surface area (Å²) >= 11 is 0. The molecule has 1 saturated carbocycles. The van der Waals surface area contributed by atoms with Crippen LogP contribution in [-0.2, 0) is 11.3 Å². The van der Waals surface area contributed by atoms with E-state index in [9.17, 15) is 5.11 Å². The first-order valence-corrected chi connectivity index (χ1v) is 11.1. The maximum atomic E-state index is 10.5. The molecule has 0 unspecified atom stereocenters. The van der Waals surface area contributed by atoms with Gasteiger partial charge in [-0.25, -0.2) is 4.68 Å². The number of rotatable bonds is 12. The minimum atomic E-state index is -0.557. The Labute approximate surface area is 189 Å². The van der Waals surface area contributed by atoms with Crippen LogP contribution in [0, 0.1) is 6.92 Å². The van der Waals surface area contributed by atoms with Crippen LogP contribution < -0.4 is 4.74 Å². The van der Waals surface area contributed by atoms with Gasteiger partial charge in [0.15, 0.2) is 0 Å². The van der Waals surface area contributed by atoms with Crippen LogP contribution in [0.3, 0.4) is 0 Å². The number of para-hydroxylation sites is 2. The molecular weight excluding hydrogens is 402 g/mol. The average molecular weight is 434 g/mol. The normalized spacial score (nSPS) is 14.5. The molecule has 1 atom stereocenters. The predicted octanol–water partition coefficient (Wildman–Crippen LogP) is 4.50. The van der Waals surface area contributed by atoms with Crippen LogP contribution in [-0.4, -0.2) is 51.7 Å². The minimum absolute atomic E-state index is 0.296. The van der Waals surface area contributed by atoms with Gasteiger partial charge in [0.1, 0.15) is 5.75 Å².